The van der Waals surface area contributed by atoms with E-state index in [4.69, 9.17) is 11.6 Å². The monoisotopic (exact) mass is 202 g/mol. The second-order valence-corrected chi connectivity index (χ2v) is 3.58. The van der Waals surface area contributed by atoms with Crippen LogP contribution in [-0.2, 0) is 0 Å². The molecule has 3 rings (SSSR count). The first-order valence-corrected chi connectivity index (χ1v) is 4.74. The average Bonchev–Trinajstić information content (AvgIpc) is 2.66. The van der Waals surface area contributed by atoms with E-state index in [0.717, 1.165) is 21.4 Å². The normalized spacial score (nSPS) is 11.2. The third kappa shape index (κ3) is 0.946. The maximum absolute atomic E-state index is 6.09. The lowest BCUT2D eigenvalue weighted by atomic mass is 10.2. The number of pyridine rings is 1. The largest absolute Gasteiger partial charge is 0.307 e. The van der Waals surface area contributed by atoms with E-state index in [9.17, 15) is 0 Å². The number of imidazole rings is 1. The van der Waals surface area contributed by atoms with Gasteiger partial charge in [0.25, 0.3) is 0 Å². The van der Waals surface area contributed by atoms with E-state index in [2.05, 4.69) is 4.98 Å². The van der Waals surface area contributed by atoms with E-state index in [1.807, 2.05) is 41.1 Å². The molecule has 0 aliphatic rings. The van der Waals surface area contributed by atoms with Crippen molar-refractivity contribution in [2.45, 2.75) is 0 Å². The molecule has 0 aliphatic carbocycles. The molecule has 0 unspecified atom stereocenters. The van der Waals surface area contributed by atoms with E-state index in [-0.39, 0.29) is 0 Å². The van der Waals surface area contributed by atoms with Crippen LogP contribution in [0.3, 0.4) is 0 Å². The number of benzene rings is 1. The first-order valence-electron chi connectivity index (χ1n) is 4.36. The standard InChI is InChI=1S/C11H7ClN2/c12-10-3-1-2-9-8(10)4-6-14-7-5-13-11(9)14/h1-7H. The highest BCUT2D eigenvalue weighted by molar-refractivity contribution is 6.35. The summed E-state index contributed by atoms with van der Waals surface area (Å²) in [4.78, 5) is 4.29. The number of nitrogens with zero attached hydrogens (tertiary/aromatic N) is 2. The Morgan fingerprint density at radius 1 is 1.07 bits per heavy atom. The molecule has 2 heterocycles. The molecular weight excluding hydrogens is 196 g/mol. The predicted molar refractivity (Wildman–Crippen MR) is 57.7 cm³/mol. The van der Waals surface area contributed by atoms with Gasteiger partial charge in [0, 0.05) is 34.4 Å². The van der Waals surface area contributed by atoms with Crippen LogP contribution in [0.5, 0.6) is 0 Å². The van der Waals surface area contributed by atoms with Crippen molar-refractivity contribution in [3.63, 3.8) is 0 Å². The van der Waals surface area contributed by atoms with Crippen LogP contribution < -0.4 is 0 Å². The number of halogens is 1. The number of hydrogen-bond acceptors (Lipinski definition) is 1. The van der Waals surface area contributed by atoms with Crippen molar-refractivity contribution in [1.29, 1.82) is 0 Å². The van der Waals surface area contributed by atoms with E-state index in [1.54, 1.807) is 6.20 Å². The molecule has 0 N–H and O–H groups in total. The highest BCUT2D eigenvalue weighted by Gasteiger charge is 2.02. The SMILES string of the molecule is Clc1cccc2c1ccn1ccnc21. The zero-order valence-corrected chi connectivity index (χ0v) is 8.07. The Balaban J connectivity index is 2.64. The number of rotatable bonds is 0. The van der Waals surface area contributed by atoms with Crippen molar-refractivity contribution in [3.8, 4) is 0 Å². The topological polar surface area (TPSA) is 17.3 Å². The molecular formula is C11H7ClN2. The van der Waals surface area contributed by atoms with Gasteiger partial charge in [-0.1, -0.05) is 23.7 Å². The minimum atomic E-state index is 0.771. The van der Waals surface area contributed by atoms with Crippen molar-refractivity contribution in [2.75, 3.05) is 0 Å². The molecule has 0 saturated carbocycles. The molecule has 0 spiro atoms. The Hall–Kier alpha value is -1.54. The Morgan fingerprint density at radius 2 is 2.00 bits per heavy atom. The van der Waals surface area contributed by atoms with E-state index >= 15 is 0 Å². The van der Waals surface area contributed by atoms with Crippen molar-refractivity contribution in [2.24, 2.45) is 0 Å². The van der Waals surface area contributed by atoms with Crippen molar-refractivity contribution in [1.82, 2.24) is 9.38 Å². The summed E-state index contributed by atoms with van der Waals surface area (Å²) in [6.07, 6.45) is 5.68. The molecule has 0 atom stereocenters. The first kappa shape index (κ1) is 7.83. The zero-order valence-electron chi connectivity index (χ0n) is 7.31. The molecule has 0 bridgehead atoms. The van der Waals surface area contributed by atoms with Crippen LogP contribution in [0.25, 0.3) is 16.4 Å². The lowest BCUT2D eigenvalue weighted by Crippen LogP contribution is -1.84. The summed E-state index contributed by atoms with van der Waals surface area (Å²) >= 11 is 6.09. The van der Waals surface area contributed by atoms with Crippen LogP contribution in [-0.4, -0.2) is 9.38 Å². The molecule has 0 aliphatic heterocycles. The van der Waals surface area contributed by atoms with Crippen LogP contribution >= 0.6 is 11.6 Å². The average molecular weight is 203 g/mol. The predicted octanol–water partition coefficient (Wildman–Crippen LogP) is 3.14. The number of hydrogen-bond donors (Lipinski definition) is 0. The molecule has 3 aromatic rings. The van der Waals surface area contributed by atoms with Crippen LogP contribution in [0.2, 0.25) is 5.02 Å². The van der Waals surface area contributed by atoms with E-state index < -0.39 is 0 Å². The lowest BCUT2D eigenvalue weighted by Gasteiger charge is -2.01. The van der Waals surface area contributed by atoms with Gasteiger partial charge >= 0.3 is 0 Å². The smallest absolute Gasteiger partial charge is 0.144 e. The molecule has 0 saturated heterocycles. The molecule has 0 fully saturated rings. The maximum atomic E-state index is 6.09. The van der Waals surface area contributed by atoms with Gasteiger partial charge in [-0.2, -0.15) is 0 Å². The fourth-order valence-electron chi connectivity index (χ4n) is 1.70. The number of aromatic nitrogens is 2. The summed E-state index contributed by atoms with van der Waals surface area (Å²) in [5, 5.41) is 2.91. The second-order valence-electron chi connectivity index (χ2n) is 3.17. The van der Waals surface area contributed by atoms with Crippen LogP contribution in [0, 0.1) is 0 Å². The third-order valence-electron chi connectivity index (χ3n) is 2.36. The quantitative estimate of drug-likeness (QED) is 0.548. The molecule has 0 amide bonds. The highest BCUT2D eigenvalue weighted by Crippen LogP contribution is 2.25. The van der Waals surface area contributed by atoms with E-state index in [1.165, 1.54) is 0 Å². The van der Waals surface area contributed by atoms with Gasteiger partial charge in [-0.3, -0.25) is 0 Å². The lowest BCUT2D eigenvalue weighted by molar-refractivity contribution is 1.20. The zero-order chi connectivity index (χ0) is 9.54. The molecule has 68 valence electrons. The van der Waals surface area contributed by atoms with Crippen molar-refractivity contribution >= 4 is 28.0 Å². The van der Waals surface area contributed by atoms with Crippen molar-refractivity contribution < 1.29 is 0 Å². The van der Waals surface area contributed by atoms with Gasteiger partial charge in [0.05, 0.1) is 0 Å². The Bertz CT molecular complexity index is 613. The van der Waals surface area contributed by atoms with Crippen molar-refractivity contribution in [3.05, 3.63) is 47.9 Å². The maximum Gasteiger partial charge on any atom is 0.144 e. The molecule has 1 aromatic carbocycles. The summed E-state index contributed by atoms with van der Waals surface area (Å²) in [6, 6.07) is 7.87. The van der Waals surface area contributed by atoms with Crippen LogP contribution in [0.4, 0.5) is 0 Å². The fourth-order valence-corrected chi connectivity index (χ4v) is 1.94. The van der Waals surface area contributed by atoms with Gasteiger partial charge in [0.1, 0.15) is 5.65 Å². The Labute approximate surface area is 85.8 Å². The van der Waals surface area contributed by atoms with Crippen LogP contribution in [0.1, 0.15) is 0 Å². The van der Waals surface area contributed by atoms with Gasteiger partial charge in [-0.25, -0.2) is 4.98 Å². The fraction of sp³-hybridized carbons (Fsp3) is 0. The Morgan fingerprint density at radius 3 is 2.93 bits per heavy atom. The third-order valence-corrected chi connectivity index (χ3v) is 2.69. The summed E-state index contributed by atoms with van der Waals surface area (Å²) in [6.45, 7) is 0. The summed E-state index contributed by atoms with van der Waals surface area (Å²) < 4.78 is 1.98. The van der Waals surface area contributed by atoms with Gasteiger partial charge < -0.3 is 4.40 Å². The molecule has 2 aromatic heterocycles. The summed E-state index contributed by atoms with van der Waals surface area (Å²) in [7, 11) is 0. The molecule has 0 radical (unpaired) electrons. The second kappa shape index (κ2) is 2.72. The number of fused-ring (bicyclic) bond motifs is 3. The molecule has 2 nitrogen and oxygen atoms in total. The minimum absolute atomic E-state index is 0.771. The first-order chi connectivity index (χ1) is 6.86. The van der Waals surface area contributed by atoms with E-state index in [0.29, 0.717) is 0 Å². The molecule has 3 heteroatoms. The summed E-state index contributed by atoms with van der Waals surface area (Å²) in [5.74, 6) is 0. The van der Waals surface area contributed by atoms with Gasteiger partial charge in [0.15, 0.2) is 0 Å². The Kier molecular flexibility index (Phi) is 1.52. The van der Waals surface area contributed by atoms with Gasteiger partial charge in [-0.05, 0) is 12.1 Å². The minimum Gasteiger partial charge on any atom is -0.307 e. The van der Waals surface area contributed by atoms with Gasteiger partial charge in [-0.15, -0.1) is 0 Å². The summed E-state index contributed by atoms with van der Waals surface area (Å²) in [5.41, 5.74) is 0.949. The highest BCUT2D eigenvalue weighted by atomic mass is 35.5. The molecule has 14 heavy (non-hydrogen) atoms. The van der Waals surface area contributed by atoms with Gasteiger partial charge in [0.2, 0.25) is 0 Å². The van der Waals surface area contributed by atoms with Crippen LogP contribution in [0.15, 0.2) is 42.9 Å².